The lowest BCUT2D eigenvalue weighted by atomic mass is 9.78. The highest BCUT2D eigenvalue weighted by molar-refractivity contribution is 7.20. The predicted molar refractivity (Wildman–Crippen MR) is 420 cm³/mol. The minimum absolute atomic E-state index is 0.0718. The van der Waals surface area contributed by atoms with Crippen molar-refractivity contribution >= 4 is 61.7 Å². The normalized spacial score (nSPS) is 16.1. The number of aryl methyl sites for hydroxylation is 1. The van der Waals surface area contributed by atoms with Crippen LogP contribution in [0.4, 0.5) is 0 Å². The molecule has 99 heavy (non-hydrogen) atoms. The zero-order valence-electron chi connectivity index (χ0n) is 81.6. The van der Waals surface area contributed by atoms with Gasteiger partial charge in [-0.1, -0.05) is 310 Å². The number of ether oxygens (including phenoxy) is 1. The van der Waals surface area contributed by atoms with Gasteiger partial charge in [-0.05, 0) is 164 Å². The van der Waals surface area contributed by atoms with Gasteiger partial charge in [-0.15, -0.1) is 0 Å². The molecule has 5 nitrogen and oxygen atoms in total. The fraction of sp³-hybridized carbons (Fsp3) is 0.226. The van der Waals surface area contributed by atoms with E-state index in [4.69, 9.17) is 20.7 Å². The Morgan fingerprint density at radius 2 is 0.939 bits per heavy atom. The molecule has 11 aromatic carbocycles. The maximum atomic E-state index is 10.4. The second-order valence-electron chi connectivity index (χ2n) is 30.7. The van der Waals surface area contributed by atoms with Gasteiger partial charge >= 0.3 is 0 Å². The van der Waals surface area contributed by atoms with Crippen LogP contribution < -0.4 is 30.1 Å². The summed E-state index contributed by atoms with van der Waals surface area (Å²) in [4.78, 5) is 4.80. The number of pyridine rings is 1. The van der Waals surface area contributed by atoms with Gasteiger partial charge in [-0.3, -0.25) is 13.7 Å². The molecule has 0 N–H and O–H groups in total. The number of para-hydroxylation sites is 1. The summed E-state index contributed by atoms with van der Waals surface area (Å²) in [5.74, 6) is 0.707. The van der Waals surface area contributed by atoms with Crippen LogP contribution in [0.3, 0.4) is 0 Å². The maximum absolute atomic E-state index is 10.4. The Bertz CT molecular complexity index is 6420. The summed E-state index contributed by atoms with van der Waals surface area (Å²) < 4.78 is 230. The van der Waals surface area contributed by atoms with Crippen LogP contribution in [0.1, 0.15) is 169 Å². The van der Waals surface area contributed by atoms with Gasteiger partial charge in [0.2, 0.25) is 0 Å². The predicted octanol–water partition coefficient (Wildman–Crippen LogP) is 21.2. The molecule has 0 saturated heterocycles. The first kappa shape index (κ1) is 44.0. The Labute approximate surface area is 620 Å². The molecule has 0 aliphatic heterocycles. The molecule has 6 heteroatoms. The van der Waals surface area contributed by atoms with Crippen molar-refractivity contribution in [3.8, 4) is 62.1 Å². The molecule has 3 aromatic heterocycles. The summed E-state index contributed by atoms with van der Waals surface area (Å²) in [7, 11) is -6.07. The van der Waals surface area contributed by atoms with E-state index in [1.165, 1.54) is 12.3 Å². The van der Waals surface area contributed by atoms with Gasteiger partial charge in [0.15, 0.2) is 8.07 Å². The van der Waals surface area contributed by atoms with Gasteiger partial charge in [0.1, 0.15) is 17.3 Å². The third-order valence-corrected chi connectivity index (χ3v) is 22.9. The highest BCUT2D eigenvalue weighted by atomic mass is 28.3. The van der Waals surface area contributed by atoms with Crippen LogP contribution in [0.25, 0.3) is 83.4 Å². The van der Waals surface area contributed by atoms with E-state index in [2.05, 4.69) is 114 Å². The summed E-state index contributed by atoms with van der Waals surface area (Å²) in [6, 6.07) is 26.9. The molecular weight excluding hydrogens is 1220 g/mol. The Morgan fingerprint density at radius 3 is 1.49 bits per heavy atom. The van der Waals surface area contributed by atoms with Crippen LogP contribution in [0, 0.1) is 13.2 Å². The first-order valence-corrected chi connectivity index (χ1v) is 35.3. The van der Waals surface area contributed by atoms with Gasteiger partial charge in [0, 0.05) is 32.7 Å². The molecule has 14 rings (SSSR count). The molecule has 0 aliphatic rings. The third kappa shape index (κ3) is 12.5. The number of aromatic nitrogens is 4. The third-order valence-electron chi connectivity index (χ3n) is 18.7. The molecule has 14 aromatic rings. The van der Waals surface area contributed by atoms with Gasteiger partial charge in [-0.2, -0.15) is 0 Å². The fourth-order valence-electron chi connectivity index (χ4n) is 13.1. The number of hydrogen-bond donors (Lipinski definition) is 0. The Kier molecular flexibility index (Phi) is 11.1. The van der Waals surface area contributed by atoms with Crippen molar-refractivity contribution in [2.75, 3.05) is 0 Å². The number of imidazole rings is 1. The van der Waals surface area contributed by atoms with E-state index in [0.29, 0.717) is 50.2 Å². The van der Waals surface area contributed by atoms with Gasteiger partial charge in [-0.25, -0.2) is 4.98 Å². The summed E-state index contributed by atoms with van der Waals surface area (Å²) in [6.07, 6.45) is 5.00. The highest BCUT2D eigenvalue weighted by Gasteiger charge is 2.45. The number of fused-ring (bicyclic) bond motifs is 4. The monoisotopic (exact) mass is 1330 g/mol. The quantitative estimate of drug-likeness (QED) is 0.0529. The highest BCUT2D eigenvalue weighted by Crippen LogP contribution is 2.42. The standard InChI is InChI=1S/C93H92N4OSi/c1-62-48-87(94-60-81(62)63-32-21-17-22-33-63)97-82-43-30-29-42-78(82)79-46-45-74(59-84(79)97)98-73-35-31-34-72(58-73)95-61-96(83-47-44-64(53-85(83)95)65-49-67(89(2,3)4)54-68(50-65)90(5,6)7)88-80(66-51-69(91(8,9)10)55-70(52-66)92(11,12)13)56-71(93(14,15)16)57-86(88)99(75-36-23-18-24-37-75,76-38-25-19-26-39-76)77-40-27-20-28-41-77/h17-60H,1-16H3/i1D3,17D,18D,19D,20D,21D,22D,23D,24D,25D,26D,27D,28D,32D,33D,36D,37D,38D,39D,40D,41D. The van der Waals surface area contributed by atoms with E-state index >= 15 is 0 Å². The van der Waals surface area contributed by atoms with Crippen LogP contribution in [-0.2, 0) is 27.1 Å². The average molecular weight is 1330 g/mol. The molecule has 0 amide bonds. The molecule has 0 bridgehead atoms. The molecule has 0 atom stereocenters. The first-order chi connectivity index (χ1) is 56.6. The van der Waals surface area contributed by atoms with E-state index in [9.17, 15) is 20.6 Å². The zero-order valence-corrected chi connectivity index (χ0v) is 59.6. The van der Waals surface area contributed by atoms with E-state index in [1.807, 2.05) is 93.6 Å². The Morgan fingerprint density at radius 1 is 0.424 bits per heavy atom. The second-order valence-corrected chi connectivity index (χ2v) is 34.3. The lowest BCUT2D eigenvalue weighted by Crippen LogP contribution is -2.76. The molecular formula is C93H92N4OSi. The Hall–Kier alpha value is -10.1. The van der Waals surface area contributed by atoms with Crippen LogP contribution in [0.15, 0.2) is 267 Å². The lowest BCUT2D eigenvalue weighted by molar-refractivity contribution is -0.570. The minimum Gasteiger partial charge on any atom is -0.458 e. The maximum Gasteiger partial charge on any atom is 0.269 e. The van der Waals surface area contributed by atoms with Crippen molar-refractivity contribution < 1.29 is 40.8 Å². The molecule has 3 heterocycles. The van der Waals surface area contributed by atoms with Crippen LogP contribution >= 0.6 is 0 Å². The number of rotatable bonds is 12. The molecule has 494 valence electrons. The van der Waals surface area contributed by atoms with Crippen LogP contribution in [-0.4, -0.2) is 22.2 Å². The zero-order chi connectivity index (χ0) is 89.5. The SMILES string of the molecule is [2H]c1c([2H])c([2H])c(-c2cnc(-n3c4ccccc4c4ccc(Oc5cccc(-n6[c-][n+](-c7c(-c8cc(C(C)(C)C)cc(C(C)(C)C)c8)cc(C(C)(C)C)cc7[Si](c7c([2H])c([2H])c([2H])c([2H])c7[2H])(c7c([2H])c([2H])c([2H])c([2H])c7[2H])c7c([2H])c([2H])c([2H])c([2H])c7[2H])c7ccc(-c8cc(C(C)(C)C)cc(C(C)(C)C)c8)cc76)c5)cc43)cc2C([2H])([2H])[2H])c([2H])c1[2H]. The van der Waals surface area contributed by atoms with Crippen LogP contribution in [0.2, 0.25) is 0 Å². The number of benzene rings is 11. The van der Waals surface area contributed by atoms with Crippen molar-refractivity contribution in [1.82, 2.24) is 14.1 Å². The number of nitrogens with zero attached hydrogens (tertiary/aromatic N) is 4. The summed E-state index contributed by atoms with van der Waals surface area (Å²) in [6.45, 7) is 28.2. The van der Waals surface area contributed by atoms with Crippen molar-refractivity contribution in [1.29, 1.82) is 0 Å². The van der Waals surface area contributed by atoms with Crippen molar-refractivity contribution in [3.05, 3.63) is 306 Å². The summed E-state index contributed by atoms with van der Waals surface area (Å²) in [5, 5.41) is -0.619. The average Bonchev–Trinajstić information content (AvgIpc) is 0.882. The summed E-state index contributed by atoms with van der Waals surface area (Å²) >= 11 is 0. The van der Waals surface area contributed by atoms with Crippen molar-refractivity contribution in [2.24, 2.45) is 0 Å². The van der Waals surface area contributed by atoms with Gasteiger partial charge in [0.25, 0.3) is 6.33 Å². The molecule has 0 spiro atoms. The summed E-state index contributed by atoms with van der Waals surface area (Å²) in [5.41, 5.74) is 5.72. The molecule has 0 radical (unpaired) electrons. The second kappa shape index (κ2) is 25.0. The van der Waals surface area contributed by atoms with E-state index < -0.39 is 168 Å². The molecule has 0 saturated carbocycles. The minimum atomic E-state index is -6.07. The molecule has 0 fully saturated rings. The van der Waals surface area contributed by atoms with E-state index in [1.54, 1.807) is 50.1 Å². The number of hydrogen-bond acceptors (Lipinski definition) is 2. The van der Waals surface area contributed by atoms with E-state index in [0.717, 1.165) is 44.2 Å². The largest absolute Gasteiger partial charge is 0.458 e. The Balaban J connectivity index is 1.14. The van der Waals surface area contributed by atoms with Crippen molar-refractivity contribution in [2.45, 2.75) is 138 Å². The lowest BCUT2D eigenvalue weighted by Gasteiger charge is -2.38. The van der Waals surface area contributed by atoms with Gasteiger partial charge < -0.3 is 4.74 Å². The topological polar surface area (TPSA) is 35.9 Å². The van der Waals surface area contributed by atoms with Gasteiger partial charge in [0.05, 0.1) is 60.9 Å². The molecule has 0 unspecified atom stereocenters. The van der Waals surface area contributed by atoms with Crippen molar-refractivity contribution in [3.63, 3.8) is 0 Å². The fourth-order valence-corrected chi connectivity index (χ4v) is 17.1. The first-order valence-electron chi connectivity index (χ1n) is 44.8. The smallest absolute Gasteiger partial charge is 0.269 e. The molecule has 0 aliphatic carbocycles. The van der Waals surface area contributed by atoms with Crippen LogP contribution in [0.5, 0.6) is 11.5 Å². The van der Waals surface area contributed by atoms with E-state index in [-0.39, 0.29) is 50.0 Å².